The molecule has 3 amide bonds. The van der Waals surface area contributed by atoms with Crippen LogP contribution in [0.5, 0.6) is 5.88 Å². The molecule has 0 unspecified atom stereocenters. The largest absolute Gasteiger partial charge is 0.468 e. The van der Waals surface area contributed by atoms with Gasteiger partial charge in [-0.1, -0.05) is 30.3 Å². The number of pyridine rings is 1. The molecule has 4 N–H and O–H groups in total. The predicted octanol–water partition coefficient (Wildman–Crippen LogP) is 2.82. The number of fused-ring (bicyclic) bond motifs is 1. The molecule has 1 saturated heterocycles. The van der Waals surface area contributed by atoms with Gasteiger partial charge in [0.2, 0.25) is 5.88 Å². The topological polar surface area (TPSA) is 133 Å². The first-order valence-corrected chi connectivity index (χ1v) is 11.5. The summed E-state index contributed by atoms with van der Waals surface area (Å²) in [6, 6.07) is 14.3. The normalized spacial score (nSPS) is 13.9. The van der Waals surface area contributed by atoms with Crippen LogP contribution in [0.25, 0.3) is 10.8 Å². The minimum absolute atomic E-state index is 0.0104. The van der Waals surface area contributed by atoms with Gasteiger partial charge in [0.1, 0.15) is 0 Å². The number of aromatic nitrogens is 1. The minimum Gasteiger partial charge on any atom is -0.468 e. The Kier molecular flexibility index (Phi) is 7.57. The van der Waals surface area contributed by atoms with E-state index < -0.39 is 11.8 Å². The average Bonchev–Trinajstić information content (AvgIpc) is 2.87. The van der Waals surface area contributed by atoms with Crippen LogP contribution < -0.4 is 21.1 Å². The molecule has 0 bridgehead atoms. The summed E-state index contributed by atoms with van der Waals surface area (Å²) < 4.78 is 10.6. The quantitative estimate of drug-likeness (QED) is 0.458. The molecule has 0 saturated carbocycles. The highest BCUT2D eigenvalue weighted by Gasteiger charge is 2.21. The monoisotopic (exact) mass is 476 g/mol. The van der Waals surface area contributed by atoms with Crippen LogP contribution in [-0.4, -0.2) is 49.1 Å². The molecule has 9 heteroatoms. The molecule has 1 aliphatic heterocycles. The lowest BCUT2D eigenvalue weighted by atomic mass is 10.00. The summed E-state index contributed by atoms with van der Waals surface area (Å²) in [5.74, 6) is -1.13. The molecule has 1 fully saturated rings. The van der Waals surface area contributed by atoms with E-state index in [2.05, 4.69) is 15.6 Å². The lowest BCUT2D eigenvalue weighted by molar-refractivity contribution is -0.120. The number of ether oxygens (including phenoxy) is 2. The Balaban J connectivity index is 1.59. The van der Waals surface area contributed by atoms with E-state index in [4.69, 9.17) is 15.2 Å². The first kappa shape index (κ1) is 24.2. The van der Waals surface area contributed by atoms with E-state index in [9.17, 15) is 14.4 Å². The van der Waals surface area contributed by atoms with E-state index in [-0.39, 0.29) is 29.8 Å². The first-order valence-electron chi connectivity index (χ1n) is 11.5. The SMILES string of the molecule is Cc1ccc(C(=O)Nc2ccc(OCC(N)=O)nc2C(=O)NCC2CCOCC2)c2ccccc12. The third-order valence-electron chi connectivity index (χ3n) is 5.97. The highest BCUT2D eigenvalue weighted by molar-refractivity contribution is 6.15. The fourth-order valence-electron chi connectivity index (χ4n) is 4.05. The fourth-order valence-corrected chi connectivity index (χ4v) is 4.05. The smallest absolute Gasteiger partial charge is 0.272 e. The maximum absolute atomic E-state index is 13.2. The number of carbonyl (C=O) groups excluding carboxylic acids is 3. The van der Waals surface area contributed by atoms with Crippen LogP contribution in [-0.2, 0) is 9.53 Å². The summed E-state index contributed by atoms with van der Waals surface area (Å²) in [6.07, 6.45) is 1.72. The van der Waals surface area contributed by atoms with Crippen molar-refractivity contribution >= 4 is 34.2 Å². The molecule has 0 radical (unpaired) electrons. The number of anilines is 1. The number of primary amides is 1. The predicted molar refractivity (Wildman–Crippen MR) is 131 cm³/mol. The summed E-state index contributed by atoms with van der Waals surface area (Å²) in [5, 5.41) is 7.50. The molecule has 3 aromatic rings. The van der Waals surface area contributed by atoms with Gasteiger partial charge in [0.25, 0.3) is 17.7 Å². The molecule has 182 valence electrons. The molecule has 4 rings (SSSR count). The third kappa shape index (κ3) is 5.93. The number of hydrogen-bond donors (Lipinski definition) is 3. The van der Waals surface area contributed by atoms with Gasteiger partial charge in [-0.05, 0) is 54.2 Å². The van der Waals surface area contributed by atoms with Crippen molar-refractivity contribution in [2.24, 2.45) is 11.7 Å². The van der Waals surface area contributed by atoms with Crippen molar-refractivity contribution in [3.63, 3.8) is 0 Å². The number of nitrogens with two attached hydrogens (primary N) is 1. The van der Waals surface area contributed by atoms with Crippen LogP contribution >= 0.6 is 0 Å². The Morgan fingerprint density at radius 2 is 1.77 bits per heavy atom. The van der Waals surface area contributed by atoms with Gasteiger partial charge in [0, 0.05) is 31.4 Å². The van der Waals surface area contributed by atoms with Gasteiger partial charge in [-0.3, -0.25) is 14.4 Å². The number of hydrogen-bond acceptors (Lipinski definition) is 6. The molecule has 0 aliphatic carbocycles. The number of rotatable bonds is 8. The Bertz CT molecular complexity index is 1250. The van der Waals surface area contributed by atoms with Crippen LogP contribution in [0.1, 0.15) is 39.3 Å². The number of benzene rings is 2. The standard InChI is InChI=1S/C26H28N4O5/c1-16-6-7-20(19-5-3-2-4-18(16)19)25(32)29-21-8-9-23(35-15-22(27)31)30-24(21)26(33)28-14-17-10-12-34-13-11-17/h2-9,17H,10-15H2,1H3,(H2,27,31)(H,28,33)(H,29,32). The summed E-state index contributed by atoms with van der Waals surface area (Å²) in [4.78, 5) is 41.7. The Morgan fingerprint density at radius 1 is 1.03 bits per heavy atom. The number of amides is 3. The van der Waals surface area contributed by atoms with Crippen molar-refractivity contribution < 1.29 is 23.9 Å². The molecule has 0 atom stereocenters. The molecule has 2 heterocycles. The van der Waals surface area contributed by atoms with Crippen LogP contribution in [0.2, 0.25) is 0 Å². The maximum atomic E-state index is 13.2. The van der Waals surface area contributed by atoms with Gasteiger partial charge in [-0.15, -0.1) is 0 Å². The van der Waals surface area contributed by atoms with Crippen LogP contribution in [0.4, 0.5) is 5.69 Å². The second kappa shape index (κ2) is 11.0. The molecule has 9 nitrogen and oxygen atoms in total. The highest BCUT2D eigenvalue weighted by Crippen LogP contribution is 2.25. The van der Waals surface area contributed by atoms with E-state index in [1.54, 1.807) is 6.07 Å². The van der Waals surface area contributed by atoms with E-state index >= 15 is 0 Å². The van der Waals surface area contributed by atoms with Crippen LogP contribution in [0.15, 0.2) is 48.5 Å². The summed E-state index contributed by atoms with van der Waals surface area (Å²) in [5.41, 5.74) is 6.91. The van der Waals surface area contributed by atoms with Crippen molar-refractivity contribution in [2.45, 2.75) is 19.8 Å². The first-order chi connectivity index (χ1) is 16.9. The lowest BCUT2D eigenvalue weighted by Gasteiger charge is -2.22. The molecule has 1 aromatic heterocycles. The van der Waals surface area contributed by atoms with E-state index in [0.717, 1.165) is 29.2 Å². The van der Waals surface area contributed by atoms with Gasteiger partial charge in [-0.2, -0.15) is 0 Å². The van der Waals surface area contributed by atoms with Gasteiger partial charge in [0.05, 0.1) is 5.69 Å². The fraction of sp³-hybridized carbons (Fsp3) is 0.308. The second-order valence-electron chi connectivity index (χ2n) is 8.50. The van der Waals surface area contributed by atoms with Gasteiger partial charge >= 0.3 is 0 Å². The number of nitrogens with zero attached hydrogens (tertiary/aromatic N) is 1. The highest BCUT2D eigenvalue weighted by atomic mass is 16.5. The molecular formula is C26H28N4O5. The van der Waals surface area contributed by atoms with Crippen molar-refractivity contribution in [2.75, 3.05) is 31.7 Å². The molecular weight excluding hydrogens is 448 g/mol. The molecule has 2 aromatic carbocycles. The van der Waals surface area contributed by atoms with Gasteiger partial charge in [-0.25, -0.2) is 4.98 Å². The Morgan fingerprint density at radius 3 is 2.51 bits per heavy atom. The van der Waals surface area contributed by atoms with Crippen molar-refractivity contribution in [1.82, 2.24) is 10.3 Å². The zero-order valence-corrected chi connectivity index (χ0v) is 19.5. The van der Waals surface area contributed by atoms with Crippen LogP contribution in [0, 0.1) is 12.8 Å². The summed E-state index contributed by atoms with van der Waals surface area (Å²) in [7, 11) is 0. The molecule has 1 aliphatic rings. The van der Waals surface area contributed by atoms with E-state index in [1.165, 1.54) is 12.1 Å². The average molecular weight is 477 g/mol. The second-order valence-corrected chi connectivity index (χ2v) is 8.50. The van der Waals surface area contributed by atoms with E-state index in [1.807, 2.05) is 37.3 Å². The van der Waals surface area contributed by atoms with Gasteiger partial charge in [0.15, 0.2) is 12.3 Å². The number of carbonyl (C=O) groups is 3. The van der Waals surface area contributed by atoms with Gasteiger partial charge < -0.3 is 25.8 Å². The molecule has 0 spiro atoms. The number of aryl methyl sites for hydroxylation is 1. The Labute approximate surface area is 203 Å². The van der Waals surface area contributed by atoms with Crippen molar-refractivity contribution in [3.8, 4) is 5.88 Å². The zero-order chi connectivity index (χ0) is 24.8. The van der Waals surface area contributed by atoms with Crippen LogP contribution in [0.3, 0.4) is 0 Å². The Hall–Kier alpha value is -3.98. The van der Waals surface area contributed by atoms with Crippen molar-refractivity contribution in [1.29, 1.82) is 0 Å². The number of nitrogens with one attached hydrogen (secondary N) is 2. The van der Waals surface area contributed by atoms with Crippen molar-refractivity contribution in [3.05, 3.63) is 65.4 Å². The zero-order valence-electron chi connectivity index (χ0n) is 19.5. The lowest BCUT2D eigenvalue weighted by Crippen LogP contribution is -2.33. The summed E-state index contributed by atoms with van der Waals surface area (Å²) >= 11 is 0. The molecule has 35 heavy (non-hydrogen) atoms. The third-order valence-corrected chi connectivity index (χ3v) is 5.97. The maximum Gasteiger partial charge on any atom is 0.272 e. The minimum atomic E-state index is -0.666. The van der Waals surface area contributed by atoms with E-state index in [0.29, 0.717) is 31.2 Å². The summed E-state index contributed by atoms with van der Waals surface area (Å²) in [6.45, 7) is 3.41.